The van der Waals surface area contributed by atoms with Crippen molar-refractivity contribution in [3.63, 3.8) is 0 Å². The van der Waals surface area contributed by atoms with Gasteiger partial charge >= 0.3 is 0 Å². The van der Waals surface area contributed by atoms with Gasteiger partial charge in [0.15, 0.2) is 5.78 Å². The summed E-state index contributed by atoms with van der Waals surface area (Å²) in [5, 5.41) is 1.04. The molecule has 0 atom stereocenters. The molecule has 1 aliphatic rings. The molecule has 1 saturated carbocycles. The van der Waals surface area contributed by atoms with E-state index in [1.807, 2.05) is 44.4 Å². The van der Waals surface area contributed by atoms with Crippen molar-refractivity contribution in [2.45, 2.75) is 37.6 Å². The average Bonchev–Trinajstić information content (AvgIpc) is 2.54. The number of nitrogens with zero attached hydrogens (tertiary/aromatic N) is 2. The van der Waals surface area contributed by atoms with Crippen molar-refractivity contribution in [2.75, 3.05) is 14.1 Å². The zero-order valence-electron chi connectivity index (χ0n) is 12.8. The van der Waals surface area contributed by atoms with E-state index in [1.165, 1.54) is 6.42 Å². The van der Waals surface area contributed by atoms with Crippen LogP contribution in [0, 0.1) is 0 Å². The van der Waals surface area contributed by atoms with Crippen molar-refractivity contribution in [3.8, 4) is 0 Å². The van der Waals surface area contributed by atoms with Crippen LogP contribution in [0.2, 0.25) is 0 Å². The Labute approximate surface area is 126 Å². The number of pyridine rings is 1. The zero-order valence-corrected chi connectivity index (χ0v) is 12.8. The molecule has 1 fully saturated rings. The molecule has 2 aromatic rings. The fourth-order valence-electron chi connectivity index (χ4n) is 3.48. The Kier molecular flexibility index (Phi) is 3.77. The van der Waals surface area contributed by atoms with Gasteiger partial charge in [0, 0.05) is 17.1 Å². The van der Waals surface area contributed by atoms with E-state index in [-0.39, 0.29) is 11.3 Å². The molecule has 0 unspecified atom stereocenters. The summed E-state index contributed by atoms with van der Waals surface area (Å²) in [6.07, 6.45) is 7.14. The highest BCUT2D eigenvalue weighted by molar-refractivity contribution is 6.05. The first-order chi connectivity index (χ1) is 10.1. The van der Waals surface area contributed by atoms with Gasteiger partial charge in [-0.3, -0.25) is 14.7 Å². The maximum atomic E-state index is 13.1. The molecule has 0 N–H and O–H groups in total. The van der Waals surface area contributed by atoms with Crippen molar-refractivity contribution in [3.05, 3.63) is 42.1 Å². The lowest BCUT2D eigenvalue weighted by Gasteiger charge is -2.41. The molecule has 0 spiro atoms. The van der Waals surface area contributed by atoms with Crippen molar-refractivity contribution < 1.29 is 4.79 Å². The molecule has 0 bridgehead atoms. The number of aromatic nitrogens is 1. The SMILES string of the molecule is CN(C)C1(C(=O)c2cnc3ccccc3c2)CCCCC1. The number of fused-ring (bicyclic) bond motifs is 1. The van der Waals surface area contributed by atoms with E-state index < -0.39 is 0 Å². The Morgan fingerprint density at radius 3 is 2.57 bits per heavy atom. The second kappa shape index (κ2) is 5.57. The Morgan fingerprint density at radius 2 is 1.86 bits per heavy atom. The normalized spacial score (nSPS) is 18.0. The third kappa shape index (κ3) is 2.46. The molecule has 0 amide bonds. The van der Waals surface area contributed by atoms with Crippen LogP contribution in [0.1, 0.15) is 42.5 Å². The molecule has 0 radical (unpaired) electrons. The Hall–Kier alpha value is -1.74. The maximum absolute atomic E-state index is 13.1. The summed E-state index contributed by atoms with van der Waals surface area (Å²) < 4.78 is 0. The van der Waals surface area contributed by atoms with Gasteiger partial charge in [-0.15, -0.1) is 0 Å². The molecule has 3 nitrogen and oxygen atoms in total. The minimum Gasteiger partial charge on any atom is -0.297 e. The van der Waals surface area contributed by atoms with Gasteiger partial charge in [0.2, 0.25) is 0 Å². The third-order valence-corrected chi connectivity index (χ3v) is 4.81. The van der Waals surface area contributed by atoms with Crippen LogP contribution in [0.3, 0.4) is 0 Å². The predicted molar refractivity (Wildman–Crippen MR) is 85.6 cm³/mol. The molecule has 1 aliphatic carbocycles. The molecular formula is C18H22N2O. The van der Waals surface area contributed by atoms with Crippen molar-refractivity contribution in [1.82, 2.24) is 9.88 Å². The molecule has 0 aliphatic heterocycles. The van der Waals surface area contributed by atoms with Crippen molar-refractivity contribution >= 4 is 16.7 Å². The lowest BCUT2D eigenvalue weighted by atomic mass is 9.75. The number of hydrogen-bond acceptors (Lipinski definition) is 3. The highest BCUT2D eigenvalue weighted by Gasteiger charge is 2.41. The number of hydrogen-bond donors (Lipinski definition) is 0. The van der Waals surface area contributed by atoms with Crippen LogP contribution in [0.5, 0.6) is 0 Å². The van der Waals surface area contributed by atoms with Crippen LogP contribution in [-0.2, 0) is 0 Å². The van der Waals surface area contributed by atoms with E-state index in [0.29, 0.717) is 0 Å². The first-order valence-corrected chi connectivity index (χ1v) is 7.70. The summed E-state index contributed by atoms with van der Waals surface area (Å²) in [4.78, 5) is 19.7. The smallest absolute Gasteiger partial charge is 0.184 e. The lowest BCUT2D eigenvalue weighted by molar-refractivity contribution is 0.0564. The first-order valence-electron chi connectivity index (χ1n) is 7.70. The van der Waals surface area contributed by atoms with E-state index in [4.69, 9.17) is 0 Å². The molecular weight excluding hydrogens is 260 g/mol. The second-order valence-electron chi connectivity index (χ2n) is 6.23. The van der Waals surface area contributed by atoms with Crippen molar-refractivity contribution in [1.29, 1.82) is 0 Å². The number of benzene rings is 1. The summed E-state index contributed by atoms with van der Waals surface area (Å²) in [5.74, 6) is 0.227. The molecule has 3 heteroatoms. The fraction of sp³-hybridized carbons (Fsp3) is 0.444. The van der Waals surface area contributed by atoms with E-state index in [1.54, 1.807) is 6.20 Å². The summed E-state index contributed by atoms with van der Waals surface area (Å²) in [6, 6.07) is 9.94. The molecule has 3 rings (SSSR count). The number of carbonyl (C=O) groups excluding carboxylic acids is 1. The summed E-state index contributed by atoms with van der Waals surface area (Å²) in [6.45, 7) is 0. The van der Waals surface area contributed by atoms with Crippen LogP contribution < -0.4 is 0 Å². The highest BCUT2D eigenvalue weighted by Crippen LogP contribution is 2.35. The van der Waals surface area contributed by atoms with Crippen LogP contribution in [0.4, 0.5) is 0 Å². The van der Waals surface area contributed by atoms with E-state index in [0.717, 1.165) is 42.1 Å². The van der Waals surface area contributed by atoms with Gasteiger partial charge < -0.3 is 0 Å². The summed E-state index contributed by atoms with van der Waals surface area (Å²) >= 11 is 0. The van der Waals surface area contributed by atoms with Gasteiger partial charge in [0.05, 0.1) is 11.1 Å². The van der Waals surface area contributed by atoms with Crippen LogP contribution in [0.25, 0.3) is 10.9 Å². The van der Waals surface area contributed by atoms with Gasteiger partial charge in [0.1, 0.15) is 0 Å². The number of para-hydroxylation sites is 1. The Bertz CT molecular complexity index is 657. The summed E-state index contributed by atoms with van der Waals surface area (Å²) in [5.41, 5.74) is 1.34. The second-order valence-corrected chi connectivity index (χ2v) is 6.23. The van der Waals surface area contributed by atoms with Gasteiger partial charge in [-0.2, -0.15) is 0 Å². The minimum atomic E-state index is -0.345. The van der Waals surface area contributed by atoms with Crippen LogP contribution >= 0.6 is 0 Å². The number of Topliss-reactive ketones (excluding diaryl/α,β-unsaturated/α-hetero) is 1. The van der Waals surface area contributed by atoms with E-state index in [9.17, 15) is 4.79 Å². The Balaban J connectivity index is 2.01. The number of ketones is 1. The standard InChI is InChI=1S/C18H22N2O/c1-20(2)18(10-6-3-7-11-18)17(21)15-12-14-8-4-5-9-16(14)19-13-15/h4-5,8-9,12-13H,3,6-7,10-11H2,1-2H3. The molecule has 110 valence electrons. The molecule has 21 heavy (non-hydrogen) atoms. The quantitative estimate of drug-likeness (QED) is 0.805. The lowest BCUT2D eigenvalue weighted by Crippen LogP contribution is -2.52. The van der Waals surface area contributed by atoms with Gasteiger partial charge in [-0.05, 0) is 39.1 Å². The number of rotatable bonds is 3. The fourth-order valence-corrected chi connectivity index (χ4v) is 3.48. The minimum absolute atomic E-state index is 0.227. The number of carbonyl (C=O) groups is 1. The molecule has 1 heterocycles. The molecule has 0 saturated heterocycles. The number of likely N-dealkylation sites (N-methyl/N-ethyl adjacent to an activating group) is 1. The van der Waals surface area contributed by atoms with E-state index >= 15 is 0 Å². The first kappa shape index (κ1) is 14.2. The zero-order chi connectivity index (χ0) is 14.9. The Morgan fingerprint density at radius 1 is 1.14 bits per heavy atom. The largest absolute Gasteiger partial charge is 0.297 e. The third-order valence-electron chi connectivity index (χ3n) is 4.81. The van der Waals surface area contributed by atoms with Crippen molar-refractivity contribution in [2.24, 2.45) is 0 Å². The average molecular weight is 282 g/mol. The molecule has 1 aromatic carbocycles. The van der Waals surface area contributed by atoms with Gasteiger partial charge in [-0.25, -0.2) is 0 Å². The van der Waals surface area contributed by atoms with Gasteiger partial charge in [-0.1, -0.05) is 37.5 Å². The van der Waals surface area contributed by atoms with E-state index in [2.05, 4.69) is 9.88 Å². The predicted octanol–water partition coefficient (Wildman–Crippen LogP) is 3.68. The summed E-state index contributed by atoms with van der Waals surface area (Å²) in [7, 11) is 4.05. The highest BCUT2D eigenvalue weighted by atomic mass is 16.1. The van der Waals surface area contributed by atoms with Gasteiger partial charge in [0.25, 0.3) is 0 Å². The monoisotopic (exact) mass is 282 g/mol. The topological polar surface area (TPSA) is 33.2 Å². The maximum Gasteiger partial charge on any atom is 0.184 e. The molecule has 1 aromatic heterocycles. The van der Waals surface area contributed by atoms with Crippen LogP contribution in [-0.4, -0.2) is 35.3 Å². The van der Waals surface area contributed by atoms with Crippen LogP contribution in [0.15, 0.2) is 36.5 Å².